The Morgan fingerprint density at radius 1 is 0.978 bits per heavy atom. The predicted molar refractivity (Wildman–Crippen MR) is 175 cm³/mol. The van der Waals surface area contributed by atoms with E-state index in [1.54, 1.807) is 6.07 Å². The number of anilines is 1. The Bertz CT molecular complexity index is 1840. The van der Waals surface area contributed by atoms with Crippen LogP contribution in [-0.4, -0.2) is 55.0 Å². The number of pyridine rings is 1. The third kappa shape index (κ3) is 8.00. The summed E-state index contributed by atoms with van der Waals surface area (Å²) < 4.78 is 69.3. The zero-order chi connectivity index (χ0) is 33.9. The molecule has 1 aromatic heterocycles. The number of nitrogens with zero attached hydrogens (tertiary/aromatic N) is 3. The molecular formula is C33H41N3O8S2. The minimum absolute atomic E-state index is 0.134. The topological polar surface area (TPSA) is 168 Å². The highest BCUT2D eigenvalue weighted by atomic mass is 32.2. The van der Waals surface area contributed by atoms with Crippen LogP contribution in [0.2, 0.25) is 0 Å². The highest BCUT2D eigenvalue weighted by Crippen LogP contribution is 2.48. The minimum Gasteiger partial charge on any atom is -0.744 e. The summed E-state index contributed by atoms with van der Waals surface area (Å²) in [5, 5.41) is 8.87. The number of aromatic nitrogens is 1. The highest BCUT2D eigenvalue weighted by molar-refractivity contribution is 7.86. The molecule has 0 unspecified atom stereocenters. The van der Waals surface area contributed by atoms with Crippen LogP contribution in [0.4, 0.5) is 11.5 Å². The smallest absolute Gasteiger partial charge is 0.327 e. The first-order valence-corrected chi connectivity index (χ1v) is 18.2. The first kappa shape index (κ1) is 35.2. The van der Waals surface area contributed by atoms with Gasteiger partial charge in [0.2, 0.25) is 0 Å². The molecule has 0 fully saturated rings. The molecule has 1 aromatic carbocycles. The molecule has 0 saturated carbocycles. The van der Waals surface area contributed by atoms with Gasteiger partial charge in [0, 0.05) is 29.8 Å². The maximum Gasteiger partial charge on any atom is 0.327 e. The van der Waals surface area contributed by atoms with Crippen LogP contribution in [0.5, 0.6) is 0 Å². The number of fused-ring (bicyclic) bond motifs is 2. The van der Waals surface area contributed by atoms with E-state index in [1.165, 1.54) is 12.1 Å². The molecule has 0 aliphatic carbocycles. The summed E-state index contributed by atoms with van der Waals surface area (Å²) in [6.45, 7) is 9.03. The second-order valence-electron chi connectivity index (χ2n) is 12.6. The summed E-state index contributed by atoms with van der Waals surface area (Å²) in [6.07, 6.45) is 14.0. The van der Waals surface area contributed by atoms with Crippen LogP contribution in [0.25, 0.3) is 0 Å². The number of carboxylic acid groups (broad SMARTS) is 1. The summed E-state index contributed by atoms with van der Waals surface area (Å²) in [5.41, 5.74) is 3.03. The Balaban J connectivity index is 1.55. The predicted octanol–water partition coefficient (Wildman–Crippen LogP) is 4.96. The maximum absolute atomic E-state index is 11.7. The van der Waals surface area contributed by atoms with E-state index >= 15 is 0 Å². The first-order chi connectivity index (χ1) is 21.4. The van der Waals surface area contributed by atoms with Gasteiger partial charge in [-0.1, -0.05) is 32.1 Å². The van der Waals surface area contributed by atoms with E-state index in [2.05, 4.69) is 24.5 Å². The number of hydrogen-bond acceptors (Lipinski definition) is 8. The van der Waals surface area contributed by atoms with Crippen LogP contribution in [-0.2, 0) is 42.4 Å². The SMILES string of the molecule is CC1(C)C(/C=C/C=C/C=C2\N(CCCS(=O)(=O)O)c3ccc(S(=O)(=O)[O-])cc3C2(C)C)=Nc2c1ccc[n+]2CCCCCC(=O)O. The van der Waals surface area contributed by atoms with Crippen molar-refractivity contribution in [2.75, 3.05) is 17.2 Å². The highest BCUT2D eigenvalue weighted by Gasteiger charge is 2.42. The number of hydrogen-bond donors (Lipinski definition) is 2. The lowest BCUT2D eigenvalue weighted by molar-refractivity contribution is -0.684. The molecule has 0 atom stereocenters. The molecule has 0 bridgehead atoms. The third-order valence-electron chi connectivity index (χ3n) is 8.54. The summed E-state index contributed by atoms with van der Waals surface area (Å²) in [5.74, 6) is -0.316. The Hall–Kier alpha value is -3.65. The number of aryl methyl sites for hydroxylation is 1. The van der Waals surface area contributed by atoms with Gasteiger partial charge >= 0.3 is 11.8 Å². The van der Waals surface area contributed by atoms with E-state index < -0.39 is 37.4 Å². The van der Waals surface area contributed by atoms with Gasteiger partial charge in [-0.15, -0.1) is 0 Å². The van der Waals surface area contributed by atoms with Gasteiger partial charge in [-0.05, 0) is 92.6 Å². The van der Waals surface area contributed by atoms with E-state index in [9.17, 15) is 30.7 Å². The van der Waals surface area contributed by atoms with Crippen molar-refractivity contribution in [3.8, 4) is 0 Å². The van der Waals surface area contributed by atoms with Crippen molar-refractivity contribution in [2.45, 2.75) is 82.1 Å². The lowest BCUT2D eigenvalue weighted by atomic mass is 9.82. The number of unbranched alkanes of at least 4 members (excludes halogenated alkanes) is 2. The van der Waals surface area contributed by atoms with Gasteiger partial charge in [-0.3, -0.25) is 9.35 Å². The van der Waals surface area contributed by atoms with Gasteiger partial charge in [0.25, 0.3) is 10.1 Å². The van der Waals surface area contributed by atoms with Crippen molar-refractivity contribution in [1.29, 1.82) is 0 Å². The molecule has 13 heteroatoms. The van der Waals surface area contributed by atoms with Crippen molar-refractivity contribution in [1.82, 2.24) is 0 Å². The van der Waals surface area contributed by atoms with Crippen LogP contribution in [0.3, 0.4) is 0 Å². The number of aliphatic imine (C=N–C) groups is 1. The van der Waals surface area contributed by atoms with E-state index in [-0.39, 0.29) is 29.7 Å². The molecule has 46 heavy (non-hydrogen) atoms. The van der Waals surface area contributed by atoms with Crippen molar-refractivity contribution < 1.29 is 40.4 Å². The number of aliphatic carboxylic acids is 1. The normalized spacial score (nSPS) is 18.0. The molecule has 4 rings (SSSR count). The summed E-state index contributed by atoms with van der Waals surface area (Å²) >= 11 is 0. The van der Waals surface area contributed by atoms with Gasteiger partial charge in [0.05, 0.1) is 34.4 Å². The number of carboxylic acids is 1. The fourth-order valence-electron chi connectivity index (χ4n) is 6.02. The fraction of sp³-hybridized carbons (Fsp3) is 0.424. The molecule has 3 heterocycles. The standard InChI is InChI=1S/C33H41N3O8S2/c1-32(2)25-13-11-20-35(19-10-6-9-16-30(37)38)31(25)34-28(32)14-7-5-8-15-29-33(3,4)26-23-24(46(42,43)44)17-18-27(26)36(29)21-12-22-45(39,40)41/h5,7-8,11,13-15,17-18,20,23H,6,9-10,12,16,19,21-22H2,1-4H3,(H2-,37,38,39,40,41,42,43,44). The Morgan fingerprint density at radius 3 is 2.39 bits per heavy atom. The summed E-state index contributed by atoms with van der Waals surface area (Å²) in [4.78, 5) is 17.3. The number of allylic oxidation sites excluding steroid dienone is 6. The van der Waals surface area contributed by atoms with Gasteiger partial charge in [-0.25, -0.2) is 13.0 Å². The second kappa shape index (κ2) is 13.6. The fourth-order valence-corrected chi connectivity index (χ4v) is 7.01. The van der Waals surface area contributed by atoms with Crippen molar-refractivity contribution in [2.24, 2.45) is 4.99 Å². The summed E-state index contributed by atoms with van der Waals surface area (Å²) in [7, 11) is -8.84. The van der Waals surface area contributed by atoms with Crippen LogP contribution in [0, 0.1) is 0 Å². The molecule has 0 spiro atoms. The third-order valence-corrected chi connectivity index (χ3v) is 10.2. The monoisotopic (exact) mass is 671 g/mol. The molecule has 248 valence electrons. The quantitative estimate of drug-likeness (QED) is 0.122. The Labute approximate surface area is 271 Å². The van der Waals surface area contributed by atoms with Crippen LogP contribution >= 0.6 is 0 Å². The molecule has 2 aliphatic rings. The molecule has 2 N–H and O–H groups in total. The van der Waals surface area contributed by atoms with Crippen LogP contribution in [0.1, 0.15) is 70.9 Å². The van der Waals surface area contributed by atoms with E-state index in [4.69, 9.17) is 10.1 Å². The average molecular weight is 672 g/mol. The minimum atomic E-state index is -4.68. The molecule has 0 saturated heterocycles. The maximum atomic E-state index is 11.7. The lowest BCUT2D eigenvalue weighted by Gasteiger charge is -2.27. The zero-order valence-corrected chi connectivity index (χ0v) is 28.1. The zero-order valence-electron chi connectivity index (χ0n) is 26.5. The second-order valence-corrected chi connectivity index (χ2v) is 15.6. The largest absolute Gasteiger partial charge is 0.744 e. The van der Waals surface area contributed by atoms with E-state index in [0.29, 0.717) is 17.7 Å². The van der Waals surface area contributed by atoms with Gasteiger partial charge in [0.1, 0.15) is 10.1 Å². The molecule has 2 aliphatic heterocycles. The van der Waals surface area contributed by atoms with Gasteiger partial charge in [-0.2, -0.15) is 8.42 Å². The van der Waals surface area contributed by atoms with Crippen molar-refractivity contribution >= 4 is 43.4 Å². The van der Waals surface area contributed by atoms with E-state index in [1.807, 2.05) is 61.4 Å². The molecular weight excluding hydrogens is 631 g/mol. The Morgan fingerprint density at radius 2 is 1.72 bits per heavy atom. The summed E-state index contributed by atoms with van der Waals surface area (Å²) in [6, 6.07) is 8.25. The van der Waals surface area contributed by atoms with E-state index in [0.717, 1.165) is 42.2 Å². The average Bonchev–Trinajstić information content (AvgIpc) is 3.33. The van der Waals surface area contributed by atoms with Gasteiger partial charge in [0.15, 0.2) is 5.71 Å². The number of carbonyl (C=O) groups is 1. The van der Waals surface area contributed by atoms with Crippen LogP contribution in [0.15, 0.2) is 82.5 Å². The van der Waals surface area contributed by atoms with Gasteiger partial charge < -0.3 is 14.6 Å². The number of benzene rings is 1. The van der Waals surface area contributed by atoms with Crippen molar-refractivity contribution in [3.05, 3.63) is 83.7 Å². The first-order valence-electron chi connectivity index (χ1n) is 15.2. The Kier molecular flexibility index (Phi) is 10.4. The molecule has 0 amide bonds. The lowest BCUT2D eigenvalue weighted by Crippen LogP contribution is -2.34. The van der Waals surface area contributed by atoms with Crippen LogP contribution < -0.4 is 9.47 Å². The van der Waals surface area contributed by atoms with Crippen molar-refractivity contribution in [3.63, 3.8) is 0 Å². The molecule has 0 radical (unpaired) electrons. The number of rotatable bonds is 14. The molecule has 2 aromatic rings. The molecule has 11 nitrogen and oxygen atoms in total.